The van der Waals surface area contributed by atoms with Crippen LogP contribution in [0.4, 0.5) is 0 Å². The predicted octanol–water partition coefficient (Wildman–Crippen LogP) is 1.39. The fourth-order valence-corrected chi connectivity index (χ4v) is 1.18. The number of carbonyl (C=O) groups excluding carboxylic acids is 1. The van der Waals surface area contributed by atoms with Gasteiger partial charge in [-0.2, -0.15) is 5.10 Å². The van der Waals surface area contributed by atoms with Crippen molar-refractivity contribution in [1.29, 1.82) is 0 Å². The minimum atomic E-state index is -0.328. The smallest absolute Gasteiger partial charge is 0.330 e. The van der Waals surface area contributed by atoms with Crippen LogP contribution in [0.15, 0.2) is 18.5 Å². The lowest BCUT2D eigenvalue weighted by Gasteiger charge is -1.99. The standard InChI is InChI=1S/C10H14N2O2/c1-4-8(5-10(13)14-3)9-6-11-12(2)7-9/h5-7H,4H2,1-3H3/b8-5-. The average molecular weight is 194 g/mol. The summed E-state index contributed by atoms with van der Waals surface area (Å²) >= 11 is 0. The van der Waals surface area contributed by atoms with E-state index in [1.807, 2.05) is 20.2 Å². The van der Waals surface area contributed by atoms with Crippen LogP contribution in [0.2, 0.25) is 0 Å². The van der Waals surface area contributed by atoms with Crippen molar-refractivity contribution in [3.63, 3.8) is 0 Å². The number of aromatic nitrogens is 2. The van der Waals surface area contributed by atoms with Gasteiger partial charge >= 0.3 is 5.97 Å². The number of rotatable bonds is 3. The van der Waals surface area contributed by atoms with E-state index in [9.17, 15) is 4.79 Å². The molecule has 14 heavy (non-hydrogen) atoms. The van der Waals surface area contributed by atoms with Gasteiger partial charge in [0.2, 0.25) is 0 Å². The molecule has 1 heterocycles. The van der Waals surface area contributed by atoms with Crippen molar-refractivity contribution in [2.75, 3.05) is 7.11 Å². The molecule has 0 bridgehead atoms. The van der Waals surface area contributed by atoms with E-state index in [4.69, 9.17) is 0 Å². The SMILES string of the molecule is CC/C(=C/C(=O)OC)c1cnn(C)c1. The van der Waals surface area contributed by atoms with Crippen molar-refractivity contribution in [3.05, 3.63) is 24.0 Å². The van der Waals surface area contributed by atoms with Crippen molar-refractivity contribution in [2.45, 2.75) is 13.3 Å². The Hall–Kier alpha value is -1.58. The van der Waals surface area contributed by atoms with Gasteiger partial charge < -0.3 is 4.74 Å². The first kappa shape index (κ1) is 10.5. The molecule has 0 saturated carbocycles. The Kier molecular flexibility index (Phi) is 3.45. The highest BCUT2D eigenvalue weighted by atomic mass is 16.5. The van der Waals surface area contributed by atoms with Gasteiger partial charge in [-0.3, -0.25) is 4.68 Å². The third kappa shape index (κ3) is 2.45. The molecule has 0 radical (unpaired) electrons. The molecule has 76 valence electrons. The van der Waals surface area contributed by atoms with Crippen molar-refractivity contribution in [1.82, 2.24) is 9.78 Å². The molecule has 0 unspecified atom stereocenters. The summed E-state index contributed by atoms with van der Waals surface area (Å²) < 4.78 is 6.27. The van der Waals surface area contributed by atoms with Crippen LogP contribution in [-0.4, -0.2) is 22.9 Å². The minimum Gasteiger partial charge on any atom is -0.466 e. The number of aryl methyl sites for hydroxylation is 1. The predicted molar refractivity (Wildman–Crippen MR) is 53.5 cm³/mol. The number of ether oxygens (including phenoxy) is 1. The van der Waals surface area contributed by atoms with E-state index >= 15 is 0 Å². The van der Waals surface area contributed by atoms with Crippen LogP contribution in [0.5, 0.6) is 0 Å². The van der Waals surface area contributed by atoms with E-state index in [1.54, 1.807) is 10.9 Å². The lowest BCUT2D eigenvalue weighted by molar-refractivity contribution is -0.134. The number of carbonyl (C=O) groups is 1. The van der Waals surface area contributed by atoms with Crippen molar-refractivity contribution in [2.24, 2.45) is 7.05 Å². The largest absolute Gasteiger partial charge is 0.466 e. The van der Waals surface area contributed by atoms with Gasteiger partial charge in [0.05, 0.1) is 13.3 Å². The van der Waals surface area contributed by atoms with E-state index in [0.29, 0.717) is 0 Å². The van der Waals surface area contributed by atoms with Crippen LogP contribution in [0.25, 0.3) is 5.57 Å². The maximum Gasteiger partial charge on any atom is 0.330 e. The molecule has 0 aromatic carbocycles. The number of hydrogen-bond donors (Lipinski definition) is 0. The minimum absolute atomic E-state index is 0.328. The van der Waals surface area contributed by atoms with Gasteiger partial charge in [0.15, 0.2) is 0 Å². The number of methoxy groups -OCH3 is 1. The van der Waals surface area contributed by atoms with Gasteiger partial charge in [0, 0.05) is 24.9 Å². The quantitative estimate of drug-likeness (QED) is 0.539. The van der Waals surface area contributed by atoms with E-state index in [1.165, 1.54) is 13.2 Å². The lowest BCUT2D eigenvalue weighted by atomic mass is 10.1. The summed E-state index contributed by atoms with van der Waals surface area (Å²) in [6, 6.07) is 0. The van der Waals surface area contributed by atoms with Crippen LogP contribution in [-0.2, 0) is 16.6 Å². The summed E-state index contributed by atoms with van der Waals surface area (Å²) in [5.41, 5.74) is 1.89. The monoisotopic (exact) mass is 194 g/mol. The van der Waals surface area contributed by atoms with E-state index in [-0.39, 0.29) is 5.97 Å². The highest BCUT2D eigenvalue weighted by Gasteiger charge is 2.04. The second-order valence-electron chi connectivity index (χ2n) is 2.95. The van der Waals surface area contributed by atoms with Crippen LogP contribution < -0.4 is 0 Å². The summed E-state index contributed by atoms with van der Waals surface area (Å²) in [5, 5.41) is 4.04. The average Bonchev–Trinajstić information content (AvgIpc) is 2.60. The zero-order chi connectivity index (χ0) is 10.6. The van der Waals surface area contributed by atoms with Crippen LogP contribution in [0.3, 0.4) is 0 Å². The van der Waals surface area contributed by atoms with Crippen molar-refractivity contribution < 1.29 is 9.53 Å². The normalized spacial score (nSPS) is 11.5. The molecular formula is C10H14N2O2. The Morgan fingerprint density at radius 1 is 1.71 bits per heavy atom. The number of esters is 1. The summed E-state index contributed by atoms with van der Waals surface area (Å²) in [4.78, 5) is 11.0. The molecule has 0 saturated heterocycles. The molecule has 0 N–H and O–H groups in total. The summed E-state index contributed by atoms with van der Waals surface area (Å²) in [6.45, 7) is 1.99. The first-order valence-electron chi connectivity index (χ1n) is 4.45. The van der Waals surface area contributed by atoms with Crippen molar-refractivity contribution >= 4 is 11.5 Å². The molecule has 0 aliphatic carbocycles. The summed E-state index contributed by atoms with van der Waals surface area (Å²) in [5.74, 6) is -0.328. The summed E-state index contributed by atoms with van der Waals surface area (Å²) in [6.07, 6.45) is 5.88. The molecule has 4 nitrogen and oxygen atoms in total. The Labute approximate surface area is 83.2 Å². The van der Waals surface area contributed by atoms with Crippen LogP contribution in [0, 0.1) is 0 Å². The number of nitrogens with zero attached hydrogens (tertiary/aromatic N) is 2. The highest BCUT2D eigenvalue weighted by molar-refractivity contribution is 5.91. The second-order valence-corrected chi connectivity index (χ2v) is 2.95. The molecule has 4 heteroatoms. The third-order valence-electron chi connectivity index (χ3n) is 1.95. The number of hydrogen-bond acceptors (Lipinski definition) is 3. The van der Waals surface area contributed by atoms with E-state index in [0.717, 1.165) is 17.6 Å². The van der Waals surface area contributed by atoms with Crippen molar-refractivity contribution in [3.8, 4) is 0 Å². The molecular weight excluding hydrogens is 180 g/mol. The zero-order valence-corrected chi connectivity index (χ0v) is 8.65. The lowest BCUT2D eigenvalue weighted by Crippen LogP contribution is -1.96. The highest BCUT2D eigenvalue weighted by Crippen LogP contribution is 2.16. The molecule has 0 aliphatic heterocycles. The van der Waals surface area contributed by atoms with Crippen LogP contribution in [0.1, 0.15) is 18.9 Å². The van der Waals surface area contributed by atoms with Gasteiger partial charge in [0.25, 0.3) is 0 Å². The van der Waals surface area contributed by atoms with Gasteiger partial charge in [-0.25, -0.2) is 4.79 Å². The Balaban J connectivity index is 2.92. The fraction of sp³-hybridized carbons (Fsp3) is 0.400. The molecule has 0 amide bonds. The molecule has 1 rings (SSSR count). The molecule has 0 fully saturated rings. The molecule has 1 aromatic rings. The van der Waals surface area contributed by atoms with Gasteiger partial charge in [0.1, 0.15) is 0 Å². The van der Waals surface area contributed by atoms with E-state index < -0.39 is 0 Å². The van der Waals surface area contributed by atoms with Gasteiger partial charge in [-0.05, 0) is 12.0 Å². The first-order valence-corrected chi connectivity index (χ1v) is 4.45. The topological polar surface area (TPSA) is 44.1 Å². The Morgan fingerprint density at radius 3 is 2.86 bits per heavy atom. The number of allylic oxidation sites excluding steroid dienone is 1. The fourth-order valence-electron chi connectivity index (χ4n) is 1.18. The van der Waals surface area contributed by atoms with E-state index in [2.05, 4.69) is 9.84 Å². The first-order chi connectivity index (χ1) is 6.67. The van der Waals surface area contributed by atoms with Gasteiger partial charge in [-0.1, -0.05) is 6.92 Å². The van der Waals surface area contributed by atoms with Crippen LogP contribution >= 0.6 is 0 Å². The van der Waals surface area contributed by atoms with Gasteiger partial charge in [-0.15, -0.1) is 0 Å². The second kappa shape index (κ2) is 4.60. The molecule has 0 spiro atoms. The Bertz CT molecular complexity index is 353. The third-order valence-corrected chi connectivity index (χ3v) is 1.95. The maximum atomic E-state index is 11.0. The molecule has 0 aliphatic rings. The maximum absolute atomic E-state index is 11.0. The summed E-state index contributed by atoms with van der Waals surface area (Å²) in [7, 11) is 3.21. The zero-order valence-electron chi connectivity index (χ0n) is 8.65. The Morgan fingerprint density at radius 2 is 2.43 bits per heavy atom. The molecule has 1 aromatic heterocycles. The molecule has 0 atom stereocenters.